The van der Waals surface area contributed by atoms with Crippen molar-refractivity contribution in [2.45, 2.75) is 6.04 Å². The van der Waals surface area contributed by atoms with E-state index in [1.54, 1.807) is 11.3 Å². The van der Waals surface area contributed by atoms with E-state index in [4.69, 9.17) is 5.73 Å². The van der Waals surface area contributed by atoms with Gasteiger partial charge in [0.25, 0.3) is 0 Å². The van der Waals surface area contributed by atoms with E-state index in [1.165, 1.54) is 10.4 Å². The van der Waals surface area contributed by atoms with Gasteiger partial charge >= 0.3 is 0 Å². The maximum atomic E-state index is 6.07. The van der Waals surface area contributed by atoms with Crippen LogP contribution in [0.5, 0.6) is 0 Å². The van der Waals surface area contributed by atoms with E-state index in [2.05, 4.69) is 23.6 Å². The van der Waals surface area contributed by atoms with Gasteiger partial charge in [-0.15, -0.1) is 11.3 Å². The van der Waals surface area contributed by atoms with Crippen LogP contribution in [0.3, 0.4) is 0 Å². The lowest BCUT2D eigenvalue weighted by atomic mass is 10.1. The summed E-state index contributed by atoms with van der Waals surface area (Å²) in [6, 6.07) is 14.3. The van der Waals surface area contributed by atoms with E-state index < -0.39 is 0 Å². The average molecular weight is 189 g/mol. The summed E-state index contributed by atoms with van der Waals surface area (Å²) in [6.45, 7) is 0. The molecule has 0 saturated heterocycles. The first-order valence-corrected chi connectivity index (χ1v) is 5.10. The second-order valence-electron chi connectivity index (χ2n) is 2.90. The first-order valence-electron chi connectivity index (χ1n) is 4.22. The summed E-state index contributed by atoms with van der Waals surface area (Å²) < 4.78 is 0. The Hall–Kier alpha value is -1.12. The molecule has 0 bridgehead atoms. The lowest BCUT2D eigenvalue weighted by Gasteiger charge is -2.08. The Morgan fingerprint density at radius 1 is 1.00 bits per heavy atom. The number of thiophene rings is 1. The van der Waals surface area contributed by atoms with Gasteiger partial charge in [-0.1, -0.05) is 36.4 Å². The first-order chi connectivity index (χ1) is 6.38. The first kappa shape index (κ1) is 8.48. The summed E-state index contributed by atoms with van der Waals surface area (Å²) >= 11 is 1.70. The number of benzene rings is 1. The normalized spacial score (nSPS) is 12.7. The summed E-state index contributed by atoms with van der Waals surface area (Å²) in [6.07, 6.45) is 0. The predicted molar refractivity (Wildman–Crippen MR) is 56.8 cm³/mol. The zero-order valence-corrected chi connectivity index (χ0v) is 8.00. The minimum Gasteiger partial charge on any atom is -0.320 e. The van der Waals surface area contributed by atoms with Gasteiger partial charge in [0.2, 0.25) is 0 Å². The van der Waals surface area contributed by atoms with Crippen molar-refractivity contribution in [1.82, 2.24) is 0 Å². The molecule has 0 amide bonds. The van der Waals surface area contributed by atoms with E-state index in [9.17, 15) is 0 Å². The molecule has 1 heterocycles. The van der Waals surface area contributed by atoms with Crippen LogP contribution in [0.15, 0.2) is 47.8 Å². The third kappa shape index (κ3) is 1.79. The number of rotatable bonds is 2. The molecule has 2 aromatic rings. The molecule has 0 aliphatic rings. The Morgan fingerprint density at radius 2 is 1.77 bits per heavy atom. The highest BCUT2D eigenvalue weighted by Gasteiger charge is 2.07. The monoisotopic (exact) mass is 189 g/mol. The summed E-state index contributed by atoms with van der Waals surface area (Å²) in [5.74, 6) is 0. The molecule has 2 heteroatoms. The third-order valence-corrected chi connectivity index (χ3v) is 2.96. The van der Waals surface area contributed by atoms with Gasteiger partial charge in [-0.25, -0.2) is 0 Å². The fourth-order valence-electron chi connectivity index (χ4n) is 1.29. The molecule has 66 valence electrons. The second-order valence-corrected chi connectivity index (χ2v) is 3.88. The molecule has 2 rings (SSSR count). The molecule has 0 saturated carbocycles. The zero-order chi connectivity index (χ0) is 9.10. The number of nitrogens with two attached hydrogens (primary N) is 1. The number of hydrogen-bond acceptors (Lipinski definition) is 2. The highest BCUT2D eigenvalue weighted by molar-refractivity contribution is 7.10. The minimum atomic E-state index is 0.0289. The Balaban J connectivity index is 2.29. The van der Waals surface area contributed by atoms with Crippen LogP contribution in [0, 0.1) is 0 Å². The van der Waals surface area contributed by atoms with Crippen molar-refractivity contribution in [1.29, 1.82) is 0 Å². The molecule has 0 aliphatic heterocycles. The van der Waals surface area contributed by atoms with E-state index in [0.29, 0.717) is 0 Å². The molecule has 1 aromatic heterocycles. The van der Waals surface area contributed by atoms with Crippen LogP contribution >= 0.6 is 11.3 Å². The molecule has 1 aromatic carbocycles. The Labute approximate surface area is 81.8 Å². The summed E-state index contributed by atoms with van der Waals surface area (Å²) in [5.41, 5.74) is 7.24. The van der Waals surface area contributed by atoms with Gasteiger partial charge in [0.05, 0.1) is 6.04 Å². The van der Waals surface area contributed by atoms with E-state index in [-0.39, 0.29) is 6.04 Å². The molecule has 1 nitrogen and oxygen atoms in total. The van der Waals surface area contributed by atoms with Gasteiger partial charge < -0.3 is 5.73 Å². The molecule has 0 spiro atoms. The van der Waals surface area contributed by atoms with Gasteiger partial charge in [0.15, 0.2) is 0 Å². The van der Waals surface area contributed by atoms with Crippen LogP contribution in [-0.2, 0) is 0 Å². The topological polar surface area (TPSA) is 26.0 Å². The van der Waals surface area contributed by atoms with Crippen LogP contribution in [0.1, 0.15) is 16.5 Å². The highest BCUT2D eigenvalue weighted by Crippen LogP contribution is 2.22. The minimum absolute atomic E-state index is 0.0289. The van der Waals surface area contributed by atoms with Crippen LogP contribution < -0.4 is 5.73 Å². The largest absolute Gasteiger partial charge is 0.320 e. The quantitative estimate of drug-likeness (QED) is 0.772. The third-order valence-electron chi connectivity index (χ3n) is 2.01. The summed E-state index contributed by atoms with van der Waals surface area (Å²) in [7, 11) is 0. The van der Waals surface area contributed by atoms with Crippen molar-refractivity contribution >= 4 is 11.3 Å². The summed E-state index contributed by atoms with van der Waals surface area (Å²) in [4.78, 5) is 1.21. The predicted octanol–water partition coefficient (Wildman–Crippen LogP) is 2.80. The zero-order valence-electron chi connectivity index (χ0n) is 7.18. The average Bonchev–Trinajstić information content (AvgIpc) is 2.71. The lowest BCUT2D eigenvalue weighted by molar-refractivity contribution is 0.893. The van der Waals surface area contributed by atoms with Gasteiger partial charge in [0, 0.05) is 4.88 Å². The Morgan fingerprint density at radius 3 is 2.38 bits per heavy atom. The fourth-order valence-corrected chi connectivity index (χ4v) is 2.05. The lowest BCUT2D eigenvalue weighted by Crippen LogP contribution is -2.09. The van der Waals surface area contributed by atoms with E-state index in [0.717, 1.165) is 0 Å². The van der Waals surface area contributed by atoms with Crippen molar-refractivity contribution < 1.29 is 0 Å². The maximum Gasteiger partial charge on any atom is 0.0645 e. The molecule has 0 fully saturated rings. The molecule has 1 unspecified atom stereocenters. The van der Waals surface area contributed by atoms with Gasteiger partial charge in [-0.3, -0.25) is 0 Å². The Bertz CT molecular complexity index is 353. The van der Waals surface area contributed by atoms with Crippen molar-refractivity contribution in [3.05, 3.63) is 58.3 Å². The van der Waals surface area contributed by atoms with Crippen molar-refractivity contribution in [2.24, 2.45) is 5.73 Å². The second kappa shape index (κ2) is 3.73. The molecular weight excluding hydrogens is 178 g/mol. The fraction of sp³-hybridized carbons (Fsp3) is 0.0909. The molecule has 2 N–H and O–H groups in total. The molecule has 0 aliphatic carbocycles. The highest BCUT2D eigenvalue weighted by atomic mass is 32.1. The van der Waals surface area contributed by atoms with Crippen LogP contribution in [0.2, 0.25) is 0 Å². The van der Waals surface area contributed by atoms with Crippen LogP contribution in [0.4, 0.5) is 0 Å². The SMILES string of the molecule is NC(c1ccccc1)c1cccs1. The van der Waals surface area contributed by atoms with E-state index in [1.807, 2.05) is 24.3 Å². The van der Waals surface area contributed by atoms with Gasteiger partial charge in [0.1, 0.15) is 0 Å². The van der Waals surface area contributed by atoms with Gasteiger partial charge in [-0.05, 0) is 17.0 Å². The Kier molecular flexibility index (Phi) is 2.43. The van der Waals surface area contributed by atoms with Crippen molar-refractivity contribution in [2.75, 3.05) is 0 Å². The molecule has 13 heavy (non-hydrogen) atoms. The van der Waals surface area contributed by atoms with Crippen LogP contribution in [-0.4, -0.2) is 0 Å². The maximum absolute atomic E-state index is 6.07. The van der Waals surface area contributed by atoms with Crippen molar-refractivity contribution in [3.63, 3.8) is 0 Å². The van der Waals surface area contributed by atoms with Crippen molar-refractivity contribution in [3.8, 4) is 0 Å². The molecule has 1 atom stereocenters. The van der Waals surface area contributed by atoms with E-state index >= 15 is 0 Å². The molecular formula is C11H11NS. The standard InChI is InChI=1S/C11H11NS/c12-11(10-7-4-8-13-10)9-5-2-1-3-6-9/h1-8,11H,12H2. The van der Waals surface area contributed by atoms with Crippen LogP contribution in [0.25, 0.3) is 0 Å². The van der Waals surface area contributed by atoms with Gasteiger partial charge in [-0.2, -0.15) is 0 Å². The summed E-state index contributed by atoms with van der Waals surface area (Å²) in [5, 5.41) is 2.05. The molecule has 0 radical (unpaired) electrons. The smallest absolute Gasteiger partial charge is 0.0645 e. The number of hydrogen-bond donors (Lipinski definition) is 1.